The molecule has 3 heterocycles. The van der Waals surface area contributed by atoms with Gasteiger partial charge in [-0.2, -0.15) is 0 Å². The molecule has 0 unspecified atom stereocenters. The van der Waals surface area contributed by atoms with Gasteiger partial charge in [0.15, 0.2) is 5.82 Å². The fraction of sp³-hybridized carbons (Fsp3) is 0. The van der Waals surface area contributed by atoms with Crippen molar-refractivity contribution in [2.24, 2.45) is 0 Å². The number of aromatic nitrogens is 4. The van der Waals surface area contributed by atoms with Gasteiger partial charge in [0.25, 0.3) is 0 Å². The third-order valence-corrected chi connectivity index (χ3v) is 9.72. The number of rotatable bonds is 5. The molecule has 10 rings (SSSR count). The van der Waals surface area contributed by atoms with E-state index in [1.165, 1.54) is 32.6 Å². The van der Waals surface area contributed by atoms with E-state index in [1.54, 1.807) is 0 Å². The van der Waals surface area contributed by atoms with E-state index in [4.69, 9.17) is 9.97 Å². The molecule has 0 saturated carbocycles. The molecule has 0 aliphatic carbocycles. The maximum absolute atomic E-state index is 5.13. The van der Waals surface area contributed by atoms with Gasteiger partial charge in [-0.1, -0.05) is 133 Å². The van der Waals surface area contributed by atoms with Crippen molar-refractivity contribution in [1.82, 2.24) is 19.1 Å². The van der Waals surface area contributed by atoms with Gasteiger partial charge in [0.2, 0.25) is 0 Å². The number of benzene rings is 7. The average Bonchev–Trinajstić information content (AvgIpc) is 3.72. The largest absolute Gasteiger partial charge is 0.309 e. The summed E-state index contributed by atoms with van der Waals surface area (Å²) in [6, 6.07) is 64.2. The molecule has 4 heteroatoms. The van der Waals surface area contributed by atoms with Crippen molar-refractivity contribution < 1.29 is 0 Å². The molecule has 0 amide bonds. The number of nitrogens with zero attached hydrogens (tertiary/aromatic N) is 4. The molecule has 4 nitrogen and oxygen atoms in total. The van der Waals surface area contributed by atoms with E-state index in [9.17, 15) is 0 Å². The molecular weight excluding hydrogens is 609 g/mol. The van der Waals surface area contributed by atoms with Crippen LogP contribution in [0.3, 0.4) is 0 Å². The fourth-order valence-corrected chi connectivity index (χ4v) is 7.52. The van der Waals surface area contributed by atoms with Crippen LogP contribution in [0.15, 0.2) is 182 Å². The van der Waals surface area contributed by atoms with Crippen LogP contribution in [0.5, 0.6) is 0 Å². The molecule has 0 aliphatic rings. The third kappa shape index (κ3) is 4.46. The molecule has 0 atom stereocenters. The first-order chi connectivity index (χ1) is 24.8. The van der Waals surface area contributed by atoms with Crippen LogP contribution in [0.1, 0.15) is 0 Å². The Balaban J connectivity index is 1.20. The number of fused-ring (bicyclic) bond motifs is 6. The van der Waals surface area contributed by atoms with E-state index < -0.39 is 0 Å². The Bertz CT molecular complexity index is 2750. The zero-order chi connectivity index (χ0) is 33.0. The van der Waals surface area contributed by atoms with Crippen molar-refractivity contribution in [1.29, 1.82) is 0 Å². The topological polar surface area (TPSA) is 35.6 Å². The summed E-state index contributed by atoms with van der Waals surface area (Å²) in [5.74, 6) is 0.693. The van der Waals surface area contributed by atoms with Gasteiger partial charge in [0.05, 0.1) is 39.1 Å². The van der Waals surface area contributed by atoms with Gasteiger partial charge in [-0.05, 0) is 48.5 Å². The van der Waals surface area contributed by atoms with Gasteiger partial charge in [0, 0.05) is 43.9 Å². The van der Waals surface area contributed by atoms with Crippen LogP contribution < -0.4 is 0 Å². The van der Waals surface area contributed by atoms with E-state index in [2.05, 4.69) is 179 Å². The quantitative estimate of drug-likeness (QED) is 0.188. The lowest BCUT2D eigenvalue weighted by atomic mass is 10.1. The first-order valence-corrected chi connectivity index (χ1v) is 16.9. The Labute approximate surface area is 289 Å². The summed E-state index contributed by atoms with van der Waals surface area (Å²) in [4.78, 5) is 10.3. The van der Waals surface area contributed by atoms with Gasteiger partial charge in [-0.3, -0.25) is 0 Å². The Morgan fingerprint density at radius 2 is 0.820 bits per heavy atom. The Morgan fingerprint density at radius 3 is 1.44 bits per heavy atom. The van der Waals surface area contributed by atoms with Gasteiger partial charge in [-0.15, -0.1) is 0 Å². The zero-order valence-electron chi connectivity index (χ0n) is 27.1. The van der Waals surface area contributed by atoms with E-state index in [-0.39, 0.29) is 0 Å². The van der Waals surface area contributed by atoms with E-state index in [1.807, 2.05) is 12.1 Å². The van der Waals surface area contributed by atoms with Gasteiger partial charge in [0.1, 0.15) is 0 Å². The van der Waals surface area contributed by atoms with Crippen LogP contribution >= 0.6 is 0 Å². The zero-order valence-corrected chi connectivity index (χ0v) is 27.1. The lowest BCUT2D eigenvalue weighted by Crippen LogP contribution is -1.98. The lowest BCUT2D eigenvalue weighted by molar-refractivity contribution is 1.15. The lowest BCUT2D eigenvalue weighted by Gasteiger charge is -2.13. The average molecular weight is 639 g/mol. The van der Waals surface area contributed by atoms with E-state index in [0.717, 1.165) is 50.5 Å². The summed E-state index contributed by atoms with van der Waals surface area (Å²) in [5.41, 5.74) is 11.8. The molecule has 0 aliphatic heterocycles. The first kappa shape index (κ1) is 28.3. The minimum Gasteiger partial charge on any atom is -0.309 e. The minimum atomic E-state index is 0.693. The monoisotopic (exact) mass is 638 g/mol. The van der Waals surface area contributed by atoms with Gasteiger partial charge < -0.3 is 9.13 Å². The summed E-state index contributed by atoms with van der Waals surface area (Å²) in [7, 11) is 0. The van der Waals surface area contributed by atoms with Crippen molar-refractivity contribution >= 4 is 43.6 Å². The second-order valence-corrected chi connectivity index (χ2v) is 12.6. The Morgan fingerprint density at radius 1 is 0.340 bits per heavy atom. The molecule has 0 radical (unpaired) electrons. The maximum Gasteiger partial charge on any atom is 0.160 e. The molecule has 10 aromatic rings. The molecule has 0 saturated heterocycles. The number of hydrogen-bond donors (Lipinski definition) is 0. The Hall–Kier alpha value is -6.78. The van der Waals surface area contributed by atoms with Crippen molar-refractivity contribution in [3.63, 3.8) is 0 Å². The van der Waals surface area contributed by atoms with Crippen LogP contribution in [-0.4, -0.2) is 19.1 Å². The summed E-state index contributed by atoms with van der Waals surface area (Å²) >= 11 is 0. The van der Waals surface area contributed by atoms with Gasteiger partial charge in [-0.25, -0.2) is 9.97 Å². The molecule has 0 fully saturated rings. The van der Waals surface area contributed by atoms with Crippen LogP contribution in [-0.2, 0) is 0 Å². The maximum atomic E-state index is 5.13. The second-order valence-electron chi connectivity index (χ2n) is 12.6. The molecule has 7 aromatic carbocycles. The molecular formula is C46H30N4. The molecule has 234 valence electrons. The standard InChI is InChI=1S/C46H30N4/c1-3-15-31(16-4-1)38-30-39(32-17-5-2-6-18-32)48-46(47-38)33-19-13-20-34(29-33)49-42-26-12-9-23-37(42)45-43(49)27-14-28-44(45)50-40-24-10-7-21-35(40)36-22-8-11-25-41(36)50/h1-30H. The number of para-hydroxylation sites is 3. The molecule has 50 heavy (non-hydrogen) atoms. The minimum absolute atomic E-state index is 0.693. The van der Waals surface area contributed by atoms with Crippen molar-refractivity contribution in [2.45, 2.75) is 0 Å². The molecule has 0 spiro atoms. The Kier molecular flexibility index (Phi) is 6.46. The molecule has 0 bridgehead atoms. The van der Waals surface area contributed by atoms with Crippen LogP contribution in [0, 0.1) is 0 Å². The second kappa shape index (κ2) is 11.4. The summed E-state index contributed by atoms with van der Waals surface area (Å²) in [6.07, 6.45) is 0. The van der Waals surface area contributed by atoms with Crippen LogP contribution in [0.25, 0.3) is 88.9 Å². The normalized spacial score (nSPS) is 11.6. The third-order valence-electron chi connectivity index (χ3n) is 9.72. The van der Waals surface area contributed by atoms with E-state index >= 15 is 0 Å². The highest BCUT2D eigenvalue weighted by Gasteiger charge is 2.20. The first-order valence-electron chi connectivity index (χ1n) is 16.9. The van der Waals surface area contributed by atoms with E-state index in [0.29, 0.717) is 5.82 Å². The molecule has 0 N–H and O–H groups in total. The summed E-state index contributed by atoms with van der Waals surface area (Å²) in [6.45, 7) is 0. The van der Waals surface area contributed by atoms with Crippen molar-refractivity contribution in [2.75, 3.05) is 0 Å². The highest BCUT2D eigenvalue weighted by Crippen LogP contribution is 2.40. The predicted octanol–water partition coefficient (Wildman–Crippen LogP) is 11.7. The summed E-state index contributed by atoms with van der Waals surface area (Å²) < 4.78 is 4.80. The van der Waals surface area contributed by atoms with Crippen molar-refractivity contribution in [3.05, 3.63) is 182 Å². The summed E-state index contributed by atoms with van der Waals surface area (Å²) in [5, 5.41) is 4.93. The highest BCUT2D eigenvalue weighted by atomic mass is 15.0. The number of hydrogen-bond acceptors (Lipinski definition) is 2. The predicted molar refractivity (Wildman–Crippen MR) is 207 cm³/mol. The fourth-order valence-electron chi connectivity index (χ4n) is 7.52. The SMILES string of the molecule is c1ccc(-c2cc(-c3ccccc3)nc(-c3cccc(-n4c5ccccc5c5c(-n6c7ccccc7c7ccccc76)cccc54)c3)n2)cc1. The smallest absolute Gasteiger partial charge is 0.160 e. The van der Waals surface area contributed by atoms with Crippen LogP contribution in [0.2, 0.25) is 0 Å². The molecule has 3 aromatic heterocycles. The highest BCUT2D eigenvalue weighted by molar-refractivity contribution is 6.16. The van der Waals surface area contributed by atoms with Crippen molar-refractivity contribution in [3.8, 4) is 45.3 Å². The van der Waals surface area contributed by atoms with Gasteiger partial charge >= 0.3 is 0 Å². The van der Waals surface area contributed by atoms with Crippen LogP contribution in [0.4, 0.5) is 0 Å².